The Hall–Kier alpha value is -2.69. The lowest BCUT2D eigenvalue weighted by molar-refractivity contribution is -0.137. The monoisotopic (exact) mass is 400 g/mol. The van der Waals surface area contributed by atoms with E-state index < -0.39 is 29.0 Å². The van der Waals surface area contributed by atoms with Crippen molar-refractivity contribution in [1.29, 1.82) is 5.26 Å². The van der Waals surface area contributed by atoms with Gasteiger partial charge < -0.3 is 10.4 Å². The Morgan fingerprint density at radius 1 is 1.08 bits per heavy atom. The van der Waals surface area contributed by atoms with E-state index in [-0.39, 0.29) is 21.3 Å². The van der Waals surface area contributed by atoms with Gasteiger partial charge in [0.1, 0.15) is 11.8 Å². The molecule has 0 unspecified atom stereocenters. The minimum atomic E-state index is -4.51. The van der Waals surface area contributed by atoms with Crippen molar-refractivity contribution >= 4 is 40.6 Å². The fraction of sp³-hybridized carbons (Fsp3) is 0.0588. The summed E-state index contributed by atoms with van der Waals surface area (Å²) >= 11 is 11.6. The Bertz CT molecular complexity index is 897. The minimum absolute atomic E-state index is 0.0210. The van der Waals surface area contributed by atoms with E-state index in [1.54, 1.807) is 6.07 Å². The van der Waals surface area contributed by atoms with Crippen molar-refractivity contribution in [2.24, 2.45) is 0 Å². The molecule has 2 rings (SSSR count). The van der Waals surface area contributed by atoms with Gasteiger partial charge in [0, 0.05) is 21.3 Å². The number of nitrogens with zero attached hydrogens (tertiary/aromatic N) is 1. The number of hydrogen-bond donors (Lipinski definition) is 2. The van der Waals surface area contributed by atoms with E-state index in [1.807, 2.05) is 0 Å². The van der Waals surface area contributed by atoms with Crippen LogP contribution in [-0.4, -0.2) is 11.0 Å². The number of nitrogens with one attached hydrogen (secondary N) is 1. The van der Waals surface area contributed by atoms with Gasteiger partial charge in [0.15, 0.2) is 5.57 Å². The largest absolute Gasteiger partial charge is 0.506 e. The Morgan fingerprint density at radius 3 is 2.08 bits per heavy atom. The SMILES string of the molecule is N#C/C(C(=O)Nc1ccc(C(F)(F)F)cc1)=C(/O)c1cc(Cl)cc(Cl)c1. The molecule has 26 heavy (non-hydrogen) atoms. The van der Waals surface area contributed by atoms with E-state index in [4.69, 9.17) is 28.5 Å². The van der Waals surface area contributed by atoms with Crippen molar-refractivity contribution in [2.75, 3.05) is 5.32 Å². The third-order valence-electron chi connectivity index (χ3n) is 3.18. The number of halogens is 5. The standard InChI is InChI=1S/C17H9Cl2F3N2O2/c18-11-5-9(6-12(19)7-11)15(25)14(8-23)16(26)24-13-3-1-10(2-4-13)17(20,21)22/h1-7,25H,(H,24,26)/b15-14-. The van der Waals surface area contributed by atoms with Crippen molar-refractivity contribution in [3.63, 3.8) is 0 Å². The summed E-state index contributed by atoms with van der Waals surface area (Å²) in [6, 6.07) is 9.16. The second kappa shape index (κ2) is 7.68. The lowest BCUT2D eigenvalue weighted by Crippen LogP contribution is -2.15. The molecule has 4 nitrogen and oxygen atoms in total. The lowest BCUT2D eigenvalue weighted by atomic mass is 10.1. The zero-order chi connectivity index (χ0) is 19.5. The third kappa shape index (κ3) is 4.69. The number of benzene rings is 2. The fourth-order valence-electron chi connectivity index (χ4n) is 1.98. The Labute approximate surface area is 156 Å². The molecule has 134 valence electrons. The number of carbonyl (C=O) groups excluding carboxylic acids is 1. The first-order valence-corrected chi connectivity index (χ1v) is 7.66. The molecule has 0 aliphatic heterocycles. The number of alkyl halides is 3. The molecule has 1 amide bonds. The maximum atomic E-state index is 12.5. The van der Waals surface area contributed by atoms with Crippen LogP contribution in [0.15, 0.2) is 48.0 Å². The average Bonchev–Trinajstić information content (AvgIpc) is 2.54. The number of aliphatic hydroxyl groups is 1. The van der Waals surface area contributed by atoms with Crippen molar-refractivity contribution in [3.05, 3.63) is 69.2 Å². The first kappa shape index (κ1) is 19.6. The molecule has 0 radical (unpaired) electrons. The Kier molecular flexibility index (Phi) is 5.80. The summed E-state index contributed by atoms with van der Waals surface area (Å²) < 4.78 is 37.6. The normalized spacial score (nSPS) is 12.2. The molecule has 0 saturated carbocycles. The Morgan fingerprint density at radius 2 is 1.62 bits per heavy atom. The molecular weight excluding hydrogens is 392 g/mol. The minimum Gasteiger partial charge on any atom is -0.506 e. The third-order valence-corrected chi connectivity index (χ3v) is 3.62. The molecule has 0 fully saturated rings. The highest BCUT2D eigenvalue weighted by Gasteiger charge is 2.30. The highest BCUT2D eigenvalue weighted by molar-refractivity contribution is 6.34. The number of carbonyl (C=O) groups is 1. The van der Waals surface area contributed by atoms with Crippen LogP contribution in [0.25, 0.3) is 5.76 Å². The molecule has 0 aliphatic carbocycles. The van der Waals surface area contributed by atoms with E-state index in [2.05, 4.69) is 5.32 Å². The van der Waals surface area contributed by atoms with Gasteiger partial charge in [-0.25, -0.2) is 0 Å². The smallest absolute Gasteiger partial charge is 0.416 e. The van der Waals surface area contributed by atoms with Crippen molar-refractivity contribution < 1.29 is 23.1 Å². The molecule has 0 aromatic heterocycles. The van der Waals surface area contributed by atoms with Crippen molar-refractivity contribution in [1.82, 2.24) is 0 Å². The fourth-order valence-corrected chi connectivity index (χ4v) is 2.51. The summed E-state index contributed by atoms with van der Waals surface area (Å²) in [4.78, 5) is 12.2. The maximum Gasteiger partial charge on any atom is 0.416 e. The van der Waals surface area contributed by atoms with Crippen LogP contribution < -0.4 is 5.32 Å². The van der Waals surface area contributed by atoms with E-state index in [0.717, 1.165) is 24.3 Å². The second-order valence-corrected chi connectivity index (χ2v) is 5.90. The van der Waals surface area contributed by atoms with Gasteiger partial charge in [-0.3, -0.25) is 4.79 Å². The summed E-state index contributed by atoms with van der Waals surface area (Å²) in [6.45, 7) is 0. The molecule has 9 heteroatoms. The van der Waals surface area contributed by atoms with E-state index in [0.29, 0.717) is 0 Å². The van der Waals surface area contributed by atoms with Gasteiger partial charge in [-0.15, -0.1) is 0 Å². The first-order valence-electron chi connectivity index (χ1n) is 6.90. The summed E-state index contributed by atoms with van der Waals surface area (Å²) in [7, 11) is 0. The molecule has 0 spiro atoms. The summed E-state index contributed by atoms with van der Waals surface area (Å²) in [5.41, 5.74) is -1.47. The van der Waals surface area contributed by atoms with Crippen LogP contribution in [0.4, 0.5) is 18.9 Å². The molecule has 2 N–H and O–H groups in total. The maximum absolute atomic E-state index is 12.5. The quantitative estimate of drug-likeness (QED) is 0.409. The number of rotatable bonds is 3. The topological polar surface area (TPSA) is 73.1 Å². The average molecular weight is 401 g/mol. The van der Waals surface area contributed by atoms with Gasteiger partial charge in [-0.05, 0) is 42.5 Å². The van der Waals surface area contributed by atoms with E-state index in [1.165, 1.54) is 18.2 Å². The Balaban J connectivity index is 2.30. The highest BCUT2D eigenvalue weighted by atomic mass is 35.5. The van der Waals surface area contributed by atoms with Gasteiger partial charge >= 0.3 is 6.18 Å². The number of hydrogen-bond acceptors (Lipinski definition) is 3. The second-order valence-electron chi connectivity index (χ2n) is 5.02. The molecule has 0 aliphatic rings. The molecular formula is C17H9Cl2F3N2O2. The zero-order valence-corrected chi connectivity index (χ0v) is 14.2. The van der Waals surface area contributed by atoms with Gasteiger partial charge in [-0.1, -0.05) is 23.2 Å². The first-order chi connectivity index (χ1) is 12.1. The lowest BCUT2D eigenvalue weighted by Gasteiger charge is -2.09. The van der Waals surface area contributed by atoms with Crippen LogP contribution in [0.3, 0.4) is 0 Å². The molecule has 2 aromatic rings. The van der Waals surface area contributed by atoms with Gasteiger partial charge in [0.25, 0.3) is 5.91 Å². The molecule has 0 saturated heterocycles. The van der Waals surface area contributed by atoms with E-state index in [9.17, 15) is 23.1 Å². The van der Waals surface area contributed by atoms with Crippen molar-refractivity contribution in [2.45, 2.75) is 6.18 Å². The van der Waals surface area contributed by atoms with Crippen molar-refractivity contribution in [3.8, 4) is 6.07 Å². The summed E-state index contributed by atoms with van der Waals surface area (Å²) in [6.07, 6.45) is -4.51. The van der Waals surface area contributed by atoms with Crippen LogP contribution in [0.5, 0.6) is 0 Å². The highest BCUT2D eigenvalue weighted by Crippen LogP contribution is 2.30. The number of aliphatic hydroxyl groups excluding tert-OH is 1. The summed E-state index contributed by atoms with van der Waals surface area (Å²) in [5.74, 6) is -1.66. The number of nitriles is 1. The molecule has 2 aromatic carbocycles. The van der Waals surface area contributed by atoms with Gasteiger partial charge in [0.05, 0.1) is 5.56 Å². The van der Waals surface area contributed by atoms with E-state index >= 15 is 0 Å². The van der Waals surface area contributed by atoms with Crippen LogP contribution in [0, 0.1) is 11.3 Å². The van der Waals surface area contributed by atoms with Crippen LogP contribution in [0.2, 0.25) is 10.0 Å². The summed E-state index contributed by atoms with van der Waals surface area (Å²) in [5, 5.41) is 21.9. The molecule has 0 bridgehead atoms. The molecule has 0 atom stereocenters. The predicted octanol–water partition coefficient (Wildman–Crippen LogP) is 5.44. The van der Waals surface area contributed by atoms with Crippen LogP contribution in [0.1, 0.15) is 11.1 Å². The van der Waals surface area contributed by atoms with Crippen LogP contribution in [-0.2, 0) is 11.0 Å². The zero-order valence-electron chi connectivity index (χ0n) is 12.7. The predicted molar refractivity (Wildman–Crippen MR) is 91.7 cm³/mol. The van der Waals surface area contributed by atoms with Gasteiger partial charge in [0.2, 0.25) is 0 Å². The van der Waals surface area contributed by atoms with Gasteiger partial charge in [-0.2, -0.15) is 18.4 Å². The number of amides is 1. The number of anilines is 1. The van der Waals surface area contributed by atoms with Crippen LogP contribution >= 0.6 is 23.2 Å². The molecule has 0 heterocycles.